The maximum absolute atomic E-state index is 5.56. The van der Waals surface area contributed by atoms with Crippen molar-refractivity contribution in [2.24, 2.45) is 5.73 Å². The highest BCUT2D eigenvalue weighted by Crippen LogP contribution is 2.26. The minimum Gasteiger partial charge on any atom is -0.389 e. The van der Waals surface area contributed by atoms with Crippen LogP contribution in [0.1, 0.15) is 36.2 Å². The minimum absolute atomic E-state index is 0.313. The van der Waals surface area contributed by atoms with E-state index in [0.717, 1.165) is 24.2 Å². The largest absolute Gasteiger partial charge is 0.389 e. The van der Waals surface area contributed by atoms with Gasteiger partial charge in [0.15, 0.2) is 0 Å². The first kappa shape index (κ1) is 14.0. The van der Waals surface area contributed by atoms with Crippen LogP contribution in [-0.2, 0) is 0 Å². The van der Waals surface area contributed by atoms with E-state index in [4.69, 9.17) is 18.0 Å². The van der Waals surface area contributed by atoms with Gasteiger partial charge in [-0.3, -0.25) is 0 Å². The van der Waals surface area contributed by atoms with E-state index < -0.39 is 0 Å². The molecule has 3 nitrogen and oxygen atoms in total. The lowest BCUT2D eigenvalue weighted by Crippen LogP contribution is -2.12. The summed E-state index contributed by atoms with van der Waals surface area (Å²) in [4.78, 5) is 6.07. The third-order valence-electron chi connectivity index (χ3n) is 2.83. The van der Waals surface area contributed by atoms with Crippen molar-refractivity contribution in [3.63, 3.8) is 0 Å². The molecule has 0 aliphatic rings. The molecule has 2 aromatic rings. The second kappa shape index (κ2) is 6.63. The number of nitrogens with two attached hydrogens (primary N) is 1. The summed E-state index contributed by atoms with van der Waals surface area (Å²) in [5.41, 5.74) is 6.36. The van der Waals surface area contributed by atoms with Crippen molar-refractivity contribution in [2.45, 2.75) is 25.8 Å². The van der Waals surface area contributed by atoms with Gasteiger partial charge in [0, 0.05) is 16.6 Å². The maximum atomic E-state index is 5.56. The van der Waals surface area contributed by atoms with Crippen molar-refractivity contribution in [1.29, 1.82) is 0 Å². The molecule has 0 fully saturated rings. The molecular weight excluding hydrogens is 274 g/mol. The van der Waals surface area contributed by atoms with Gasteiger partial charge in [0.2, 0.25) is 0 Å². The van der Waals surface area contributed by atoms with E-state index in [2.05, 4.69) is 34.7 Å². The number of hydrogen-bond acceptors (Lipinski definition) is 4. The lowest BCUT2D eigenvalue weighted by atomic mass is 10.1. The van der Waals surface area contributed by atoms with Crippen LogP contribution in [0, 0.1) is 0 Å². The molecule has 5 heteroatoms. The van der Waals surface area contributed by atoms with Crippen LogP contribution in [0.25, 0.3) is 0 Å². The van der Waals surface area contributed by atoms with Crippen LogP contribution >= 0.6 is 23.6 Å². The number of hydrogen-bond donors (Lipinski definition) is 2. The molecule has 19 heavy (non-hydrogen) atoms. The number of nitrogens with zero attached hydrogens (tertiary/aromatic N) is 1. The number of thiocarbonyl (C=S) groups is 1. The first-order chi connectivity index (χ1) is 9.20. The fourth-order valence-electron chi connectivity index (χ4n) is 1.87. The van der Waals surface area contributed by atoms with Gasteiger partial charge >= 0.3 is 0 Å². The molecule has 0 aromatic carbocycles. The molecule has 2 heterocycles. The van der Waals surface area contributed by atoms with Crippen molar-refractivity contribution in [2.75, 3.05) is 5.32 Å². The van der Waals surface area contributed by atoms with Gasteiger partial charge in [0.05, 0.1) is 6.04 Å². The molecule has 2 aromatic heterocycles. The van der Waals surface area contributed by atoms with Gasteiger partial charge < -0.3 is 11.1 Å². The van der Waals surface area contributed by atoms with Crippen LogP contribution in [0.5, 0.6) is 0 Å². The van der Waals surface area contributed by atoms with Crippen molar-refractivity contribution in [3.8, 4) is 0 Å². The standard InChI is InChI=1S/C14H17N3S2/c1-2-4-11(12-5-3-8-19-12)17-13-7-6-10(9-16-13)14(15)18/h3,5-9,11H,2,4H2,1H3,(H2,15,18)(H,16,17). The highest BCUT2D eigenvalue weighted by Gasteiger charge is 2.12. The Morgan fingerprint density at radius 3 is 2.84 bits per heavy atom. The lowest BCUT2D eigenvalue weighted by molar-refractivity contribution is 0.684. The molecule has 1 unspecified atom stereocenters. The van der Waals surface area contributed by atoms with Crippen LogP contribution in [0.3, 0.4) is 0 Å². The van der Waals surface area contributed by atoms with Gasteiger partial charge in [-0.2, -0.15) is 0 Å². The lowest BCUT2D eigenvalue weighted by Gasteiger charge is -2.17. The fraction of sp³-hybridized carbons (Fsp3) is 0.286. The zero-order chi connectivity index (χ0) is 13.7. The summed E-state index contributed by atoms with van der Waals surface area (Å²) >= 11 is 6.69. The van der Waals surface area contributed by atoms with Crippen molar-refractivity contribution in [3.05, 3.63) is 46.3 Å². The van der Waals surface area contributed by atoms with E-state index in [1.165, 1.54) is 4.88 Å². The summed E-state index contributed by atoms with van der Waals surface area (Å²) < 4.78 is 0. The number of nitrogens with one attached hydrogen (secondary N) is 1. The Morgan fingerprint density at radius 1 is 1.47 bits per heavy atom. The second-order valence-corrected chi connectivity index (χ2v) is 5.72. The van der Waals surface area contributed by atoms with Crippen LogP contribution in [0.4, 0.5) is 5.82 Å². The van der Waals surface area contributed by atoms with Crippen LogP contribution < -0.4 is 11.1 Å². The Labute approximate surface area is 122 Å². The number of anilines is 1. The first-order valence-corrected chi connectivity index (χ1v) is 7.55. The molecule has 100 valence electrons. The molecule has 1 atom stereocenters. The zero-order valence-electron chi connectivity index (χ0n) is 10.8. The van der Waals surface area contributed by atoms with Gasteiger partial charge in [-0.25, -0.2) is 4.98 Å². The molecule has 3 N–H and O–H groups in total. The van der Waals surface area contributed by atoms with E-state index in [9.17, 15) is 0 Å². The average Bonchev–Trinajstić information content (AvgIpc) is 2.92. The second-order valence-electron chi connectivity index (χ2n) is 4.30. The SMILES string of the molecule is CCCC(Nc1ccc(C(N)=S)cn1)c1cccs1. The Kier molecular flexibility index (Phi) is 4.87. The zero-order valence-corrected chi connectivity index (χ0v) is 12.4. The average molecular weight is 291 g/mol. The molecule has 0 amide bonds. The fourth-order valence-corrected chi connectivity index (χ4v) is 2.80. The molecule has 2 rings (SSSR count). The molecule has 0 saturated heterocycles. The molecule has 0 radical (unpaired) electrons. The van der Waals surface area contributed by atoms with Gasteiger partial charge in [-0.1, -0.05) is 31.6 Å². The van der Waals surface area contributed by atoms with Crippen molar-refractivity contribution in [1.82, 2.24) is 4.98 Å². The van der Waals surface area contributed by atoms with E-state index in [1.54, 1.807) is 17.5 Å². The van der Waals surface area contributed by atoms with Crippen LogP contribution in [0.15, 0.2) is 35.8 Å². The highest BCUT2D eigenvalue weighted by atomic mass is 32.1. The highest BCUT2D eigenvalue weighted by molar-refractivity contribution is 7.80. The van der Waals surface area contributed by atoms with E-state index in [0.29, 0.717) is 11.0 Å². The quantitative estimate of drug-likeness (QED) is 0.796. The Bertz CT molecular complexity index is 520. The molecule has 0 spiro atoms. The normalized spacial score (nSPS) is 12.1. The number of pyridine rings is 1. The third-order valence-corrected chi connectivity index (χ3v) is 4.06. The van der Waals surface area contributed by atoms with E-state index in [1.807, 2.05) is 12.1 Å². The summed E-state index contributed by atoms with van der Waals surface area (Å²) in [7, 11) is 0. The molecular formula is C14H17N3S2. The topological polar surface area (TPSA) is 50.9 Å². The summed E-state index contributed by atoms with van der Waals surface area (Å²) in [6.07, 6.45) is 3.92. The van der Waals surface area contributed by atoms with E-state index >= 15 is 0 Å². The third kappa shape index (κ3) is 3.75. The van der Waals surface area contributed by atoms with Crippen LogP contribution in [-0.4, -0.2) is 9.97 Å². The van der Waals surface area contributed by atoms with Crippen molar-refractivity contribution < 1.29 is 0 Å². The molecule has 0 saturated carbocycles. The molecule has 0 aliphatic carbocycles. The number of aromatic nitrogens is 1. The van der Waals surface area contributed by atoms with Gasteiger partial charge in [0.1, 0.15) is 10.8 Å². The predicted octanol–water partition coefficient (Wildman–Crippen LogP) is 3.73. The molecule has 0 bridgehead atoms. The smallest absolute Gasteiger partial charge is 0.126 e. The number of rotatable bonds is 6. The van der Waals surface area contributed by atoms with E-state index in [-0.39, 0.29) is 0 Å². The Hall–Kier alpha value is -1.46. The Balaban J connectivity index is 2.11. The van der Waals surface area contributed by atoms with Gasteiger partial charge in [-0.15, -0.1) is 11.3 Å². The summed E-state index contributed by atoms with van der Waals surface area (Å²) in [6, 6.07) is 8.36. The maximum Gasteiger partial charge on any atom is 0.126 e. The van der Waals surface area contributed by atoms with Gasteiger partial charge in [-0.05, 0) is 30.0 Å². The van der Waals surface area contributed by atoms with Crippen molar-refractivity contribution >= 4 is 34.4 Å². The number of thiophene rings is 1. The Morgan fingerprint density at radius 2 is 2.32 bits per heavy atom. The molecule has 0 aliphatic heterocycles. The van der Waals surface area contributed by atoms with Gasteiger partial charge in [0.25, 0.3) is 0 Å². The monoisotopic (exact) mass is 291 g/mol. The summed E-state index contributed by atoms with van der Waals surface area (Å²) in [5.74, 6) is 0.854. The minimum atomic E-state index is 0.313. The summed E-state index contributed by atoms with van der Waals surface area (Å²) in [6.45, 7) is 2.19. The van der Waals surface area contributed by atoms with Crippen LogP contribution in [0.2, 0.25) is 0 Å². The first-order valence-electron chi connectivity index (χ1n) is 6.26. The predicted molar refractivity (Wildman–Crippen MR) is 85.7 cm³/mol. The summed E-state index contributed by atoms with van der Waals surface area (Å²) in [5, 5.41) is 5.56.